The van der Waals surface area contributed by atoms with Gasteiger partial charge in [0.25, 0.3) is 21.6 Å². The van der Waals surface area contributed by atoms with Gasteiger partial charge in [0.2, 0.25) is 0 Å². The molecular weight excluding hydrogens is 482 g/mol. The molecule has 0 saturated carbocycles. The molecule has 0 atom stereocenters. The van der Waals surface area contributed by atoms with E-state index in [1.807, 2.05) is 0 Å². The molecule has 1 saturated heterocycles. The van der Waals surface area contributed by atoms with Crippen LogP contribution in [0.3, 0.4) is 0 Å². The Morgan fingerprint density at radius 2 is 1.85 bits per heavy atom. The number of piperazine rings is 1. The van der Waals surface area contributed by atoms with E-state index in [0.717, 1.165) is 21.2 Å². The van der Waals surface area contributed by atoms with Crippen LogP contribution in [0.25, 0.3) is 0 Å². The Bertz CT molecular complexity index is 1000. The van der Waals surface area contributed by atoms with Crippen LogP contribution in [-0.2, 0) is 10.0 Å². The van der Waals surface area contributed by atoms with Crippen LogP contribution in [0, 0.1) is 10.1 Å². The van der Waals surface area contributed by atoms with Gasteiger partial charge in [0.05, 0.1) is 8.71 Å². The second kappa shape index (κ2) is 7.84. The zero-order valence-electron chi connectivity index (χ0n) is 13.7. The molecule has 0 N–H and O–H groups in total. The van der Waals surface area contributed by atoms with E-state index in [9.17, 15) is 23.3 Å². The smallest absolute Gasteiger partial charge is 0.288 e. The van der Waals surface area contributed by atoms with Gasteiger partial charge >= 0.3 is 0 Å². The third-order valence-corrected chi connectivity index (χ3v) is 8.37. The van der Waals surface area contributed by atoms with Crippen molar-refractivity contribution in [3.8, 4) is 0 Å². The van der Waals surface area contributed by atoms with Gasteiger partial charge in [-0.3, -0.25) is 14.9 Å². The summed E-state index contributed by atoms with van der Waals surface area (Å²) in [5.74, 6) is -0.398. The summed E-state index contributed by atoms with van der Waals surface area (Å²) in [5, 5.41) is 10.9. The highest BCUT2D eigenvalue weighted by atomic mass is 79.9. The summed E-state index contributed by atoms with van der Waals surface area (Å²) in [7, 11) is -3.60. The number of amides is 1. The summed E-state index contributed by atoms with van der Waals surface area (Å²) in [6, 6.07) is 7.07. The highest BCUT2D eigenvalue weighted by molar-refractivity contribution is 9.11. The highest BCUT2D eigenvalue weighted by Crippen LogP contribution is 2.29. The van der Waals surface area contributed by atoms with Gasteiger partial charge in [-0.05, 0) is 40.2 Å². The van der Waals surface area contributed by atoms with Gasteiger partial charge in [0.15, 0.2) is 0 Å². The molecule has 0 bridgehead atoms. The lowest BCUT2D eigenvalue weighted by Gasteiger charge is -2.33. The second-order valence-corrected chi connectivity index (χ2v) is 10.7. The van der Waals surface area contributed by atoms with E-state index >= 15 is 0 Å². The Morgan fingerprint density at radius 1 is 1.19 bits per heavy atom. The van der Waals surface area contributed by atoms with Gasteiger partial charge in [-0.2, -0.15) is 4.31 Å². The third kappa shape index (κ3) is 4.16. The van der Waals surface area contributed by atoms with E-state index < -0.39 is 20.9 Å². The second-order valence-electron chi connectivity index (χ2n) is 5.68. The number of nitrogens with zero attached hydrogens (tertiary/aromatic N) is 3. The largest absolute Gasteiger partial charge is 0.336 e. The number of sulfonamides is 1. The summed E-state index contributed by atoms with van der Waals surface area (Å²) >= 11 is 10.1. The summed E-state index contributed by atoms with van der Waals surface area (Å²) in [6.07, 6.45) is 0. The standard InChI is InChI=1S/C15H13BrClN3O5S2/c16-13-3-4-14(26-13)27(24,25)19-7-5-18(6-8-19)15(21)10-1-2-11(17)12(9-10)20(22)23/h1-4,9H,5-8H2. The molecule has 27 heavy (non-hydrogen) atoms. The first-order chi connectivity index (χ1) is 12.7. The minimum Gasteiger partial charge on any atom is -0.336 e. The first kappa shape index (κ1) is 20.2. The number of carbonyl (C=O) groups is 1. The Kier molecular flexibility index (Phi) is 5.87. The van der Waals surface area contributed by atoms with Crippen molar-refractivity contribution in [2.75, 3.05) is 26.2 Å². The zero-order chi connectivity index (χ0) is 19.8. The summed E-state index contributed by atoms with van der Waals surface area (Å²) in [6.45, 7) is 0.695. The number of halogens is 2. The van der Waals surface area contributed by atoms with E-state index in [2.05, 4.69) is 15.9 Å². The molecule has 1 aliphatic rings. The van der Waals surface area contributed by atoms with Gasteiger partial charge in [0, 0.05) is 37.8 Å². The van der Waals surface area contributed by atoms with Crippen molar-refractivity contribution in [1.29, 1.82) is 0 Å². The highest BCUT2D eigenvalue weighted by Gasteiger charge is 2.31. The molecule has 0 radical (unpaired) electrons. The maximum atomic E-state index is 12.6. The molecule has 12 heteroatoms. The number of nitro groups is 1. The maximum absolute atomic E-state index is 12.6. The van der Waals surface area contributed by atoms with Crippen LogP contribution >= 0.6 is 38.9 Å². The predicted molar refractivity (Wildman–Crippen MR) is 105 cm³/mol. The summed E-state index contributed by atoms with van der Waals surface area (Å²) < 4.78 is 27.5. The molecule has 0 aliphatic carbocycles. The van der Waals surface area contributed by atoms with Gasteiger partial charge in [-0.15, -0.1) is 11.3 Å². The maximum Gasteiger partial charge on any atom is 0.288 e. The number of nitro benzene ring substituents is 1. The predicted octanol–water partition coefficient (Wildman–Crippen LogP) is 3.22. The molecule has 1 aromatic carbocycles. The number of carbonyl (C=O) groups excluding carboxylic acids is 1. The average molecular weight is 495 g/mol. The fourth-order valence-corrected chi connectivity index (χ4v) is 6.44. The molecule has 144 valence electrons. The van der Waals surface area contributed by atoms with E-state index in [-0.39, 0.29) is 46.7 Å². The van der Waals surface area contributed by atoms with Crippen molar-refractivity contribution in [2.24, 2.45) is 0 Å². The van der Waals surface area contributed by atoms with Crippen LogP contribution in [0.1, 0.15) is 10.4 Å². The van der Waals surface area contributed by atoms with Crippen LogP contribution in [0.5, 0.6) is 0 Å². The van der Waals surface area contributed by atoms with Crippen molar-refractivity contribution in [3.05, 3.63) is 54.8 Å². The molecule has 1 amide bonds. The number of benzene rings is 1. The Morgan fingerprint density at radius 3 is 2.41 bits per heavy atom. The minimum absolute atomic E-state index is 0.0467. The molecule has 1 aromatic heterocycles. The molecule has 8 nitrogen and oxygen atoms in total. The Balaban J connectivity index is 1.71. The van der Waals surface area contributed by atoms with Crippen molar-refractivity contribution < 1.29 is 18.1 Å². The molecule has 1 fully saturated rings. The molecule has 0 spiro atoms. The van der Waals surface area contributed by atoms with Crippen LogP contribution < -0.4 is 0 Å². The monoisotopic (exact) mass is 493 g/mol. The van der Waals surface area contributed by atoms with Crippen LogP contribution in [0.4, 0.5) is 5.69 Å². The first-order valence-corrected chi connectivity index (χ1v) is 11.1. The van der Waals surface area contributed by atoms with E-state index in [0.29, 0.717) is 0 Å². The normalized spacial score (nSPS) is 15.7. The van der Waals surface area contributed by atoms with Gasteiger partial charge in [-0.25, -0.2) is 8.42 Å². The van der Waals surface area contributed by atoms with Crippen molar-refractivity contribution in [1.82, 2.24) is 9.21 Å². The van der Waals surface area contributed by atoms with E-state index in [1.54, 1.807) is 6.07 Å². The fraction of sp³-hybridized carbons (Fsp3) is 0.267. The topological polar surface area (TPSA) is 101 Å². The van der Waals surface area contributed by atoms with Crippen LogP contribution in [0.15, 0.2) is 38.3 Å². The average Bonchev–Trinajstić information content (AvgIpc) is 3.08. The van der Waals surface area contributed by atoms with Crippen LogP contribution in [0.2, 0.25) is 5.02 Å². The number of thiophene rings is 1. The lowest BCUT2D eigenvalue weighted by atomic mass is 10.1. The molecule has 2 heterocycles. The van der Waals surface area contributed by atoms with E-state index in [4.69, 9.17) is 11.6 Å². The SMILES string of the molecule is O=C(c1ccc(Cl)c([N+](=O)[O-])c1)N1CCN(S(=O)(=O)c2ccc(Br)s2)CC1. The van der Waals surface area contributed by atoms with Gasteiger partial charge < -0.3 is 4.90 Å². The summed E-state index contributed by atoms with van der Waals surface area (Å²) in [4.78, 5) is 24.4. The third-order valence-electron chi connectivity index (χ3n) is 4.06. The summed E-state index contributed by atoms with van der Waals surface area (Å²) in [5.41, 5.74) is -0.198. The molecule has 3 rings (SSSR count). The molecular formula is C15H13BrClN3O5S2. The Hall–Kier alpha value is -1.53. The van der Waals surface area contributed by atoms with Crippen molar-refractivity contribution in [3.63, 3.8) is 0 Å². The van der Waals surface area contributed by atoms with Crippen molar-refractivity contribution in [2.45, 2.75) is 4.21 Å². The Labute approximate surface area is 172 Å². The number of hydrogen-bond donors (Lipinski definition) is 0. The van der Waals surface area contributed by atoms with Gasteiger partial charge in [0.1, 0.15) is 9.23 Å². The van der Waals surface area contributed by atoms with Crippen LogP contribution in [-0.4, -0.2) is 54.6 Å². The number of hydrogen-bond acceptors (Lipinski definition) is 6. The van der Waals surface area contributed by atoms with Gasteiger partial charge in [-0.1, -0.05) is 11.6 Å². The van der Waals surface area contributed by atoms with E-state index in [1.165, 1.54) is 27.4 Å². The fourth-order valence-electron chi connectivity index (χ4n) is 2.66. The number of rotatable bonds is 4. The lowest BCUT2D eigenvalue weighted by molar-refractivity contribution is -0.384. The van der Waals surface area contributed by atoms with Crippen molar-refractivity contribution >= 4 is 60.5 Å². The quantitative estimate of drug-likeness (QED) is 0.480. The zero-order valence-corrected chi connectivity index (χ0v) is 17.6. The molecule has 0 unspecified atom stereocenters. The first-order valence-electron chi connectivity index (χ1n) is 7.69. The minimum atomic E-state index is -3.60. The molecule has 2 aromatic rings. The molecule has 1 aliphatic heterocycles. The lowest BCUT2D eigenvalue weighted by Crippen LogP contribution is -2.50.